The van der Waals surface area contributed by atoms with Crippen molar-refractivity contribution in [3.05, 3.63) is 12.7 Å². The molecule has 0 aliphatic heterocycles. The van der Waals surface area contributed by atoms with Crippen LogP contribution in [-0.4, -0.2) is 12.1 Å². The summed E-state index contributed by atoms with van der Waals surface area (Å²) in [5.41, 5.74) is -0.278. The van der Waals surface area contributed by atoms with Gasteiger partial charge in [-0.1, -0.05) is 19.9 Å². The largest absolute Gasteiger partial charge is 0.296 e. The summed E-state index contributed by atoms with van der Waals surface area (Å²) in [6, 6.07) is 2.45. The summed E-state index contributed by atoms with van der Waals surface area (Å²) >= 11 is 0. The molecular formula is C13H22N2. The van der Waals surface area contributed by atoms with Gasteiger partial charge in [-0.05, 0) is 37.5 Å². The van der Waals surface area contributed by atoms with Gasteiger partial charge in [0.25, 0.3) is 0 Å². The molecule has 0 aromatic carbocycles. The fourth-order valence-corrected chi connectivity index (χ4v) is 2.40. The van der Waals surface area contributed by atoms with Crippen molar-refractivity contribution in [3.8, 4) is 6.07 Å². The van der Waals surface area contributed by atoms with Gasteiger partial charge in [-0.2, -0.15) is 5.26 Å². The Kier molecular flexibility index (Phi) is 4.35. The first-order valence-corrected chi connectivity index (χ1v) is 5.91. The number of rotatable bonds is 4. The van der Waals surface area contributed by atoms with Crippen LogP contribution in [0.15, 0.2) is 12.7 Å². The van der Waals surface area contributed by atoms with Crippen LogP contribution in [0.4, 0.5) is 0 Å². The quantitative estimate of drug-likeness (QED) is 0.718. The van der Waals surface area contributed by atoms with Crippen molar-refractivity contribution in [3.63, 3.8) is 0 Å². The molecule has 2 nitrogen and oxygen atoms in total. The lowest BCUT2D eigenvalue weighted by Gasteiger charge is -2.37. The molecule has 0 spiro atoms. The maximum atomic E-state index is 9.25. The van der Waals surface area contributed by atoms with E-state index in [1.165, 1.54) is 12.8 Å². The highest BCUT2D eigenvalue weighted by molar-refractivity contribution is 5.10. The van der Waals surface area contributed by atoms with Gasteiger partial charge in [-0.15, -0.1) is 6.58 Å². The van der Waals surface area contributed by atoms with Gasteiger partial charge in [0.2, 0.25) is 0 Å². The number of nitrogens with one attached hydrogen (secondary N) is 1. The Morgan fingerprint density at radius 3 is 2.53 bits per heavy atom. The van der Waals surface area contributed by atoms with Gasteiger partial charge in [0.15, 0.2) is 0 Å². The van der Waals surface area contributed by atoms with Crippen LogP contribution < -0.4 is 5.32 Å². The van der Waals surface area contributed by atoms with Crippen molar-refractivity contribution >= 4 is 0 Å². The van der Waals surface area contributed by atoms with Crippen molar-refractivity contribution in [1.82, 2.24) is 5.32 Å². The lowest BCUT2D eigenvalue weighted by molar-refractivity contribution is 0.204. The molecule has 1 rings (SSSR count). The molecule has 1 aliphatic carbocycles. The van der Waals surface area contributed by atoms with Crippen LogP contribution in [0.2, 0.25) is 0 Å². The average molecular weight is 206 g/mol. The van der Waals surface area contributed by atoms with E-state index in [1.54, 1.807) is 0 Å². The van der Waals surface area contributed by atoms with Gasteiger partial charge in [-0.3, -0.25) is 5.32 Å². The smallest absolute Gasteiger partial charge is 0.107 e. The van der Waals surface area contributed by atoms with Crippen molar-refractivity contribution in [2.75, 3.05) is 6.54 Å². The molecule has 84 valence electrons. The van der Waals surface area contributed by atoms with Crippen molar-refractivity contribution in [1.29, 1.82) is 5.26 Å². The molecule has 1 saturated carbocycles. The molecule has 0 aromatic heterocycles. The minimum atomic E-state index is -0.278. The summed E-state index contributed by atoms with van der Waals surface area (Å²) in [4.78, 5) is 0. The molecule has 0 unspecified atom stereocenters. The third-order valence-electron chi connectivity index (χ3n) is 3.63. The standard InChI is InChI=1S/C13H22N2/c1-4-9-15-13(10-14)7-5-12(6-8-13)11(2)3/h4,11-12,15H,1,5-9H2,2-3H3. The third kappa shape index (κ3) is 3.07. The van der Waals surface area contributed by atoms with Gasteiger partial charge in [0.05, 0.1) is 6.07 Å². The zero-order valence-corrected chi connectivity index (χ0v) is 9.92. The first kappa shape index (κ1) is 12.3. The number of hydrogen-bond acceptors (Lipinski definition) is 2. The second kappa shape index (κ2) is 5.32. The normalized spacial score (nSPS) is 31.2. The molecule has 0 radical (unpaired) electrons. The van der Waals surface area contributed by atoms with E-state index in [-0.39, 0.29) is 5.54 Å². The predicted octanol–water partition coefficient (Wildman–Crippen LogP) is 2.87. The van der Waals surface area contributed by atoms with Crippen LogP contribution in [0.25, 0.3) is 0 Å². The maximum Gasteiger partial charge on any atom is 0.107 e. The highest BCUT2D eigenvalue weighted by atomic mass is 15.0. The summed E-state index contributed by atoms with van der Waals surface area (Å²) in [6.45, 7) is 8.98. The van der Waals surface area contributed by atoms with Crippen LogP contribution >= 0.6 is 0 Å². The number of nitrogens with zero attached hydrogens (tertiary/aromatic N) is 1. The second-order valence-electron chi connectivity index (χ2n) is 4.94. The summed E-state index contributed by atoms with van der Waals surface area (Å²) in [6.07, 6.45) is 6.15. The maximum absolute atomic E-state index is 9.25. The highest BCUT2D eigenvalue weighted by Crippen LogP contribution is 2.35. The molecule has 1 aliphatic rings. The molecule has 2 heteroatoms. The van der Waals surface area contributed by atoms with Gasteiger partial charge >= 0.3 is 0 Å². The molecule has 15 heavy (non-hydrogen) atoms. The number of nitriles is 1. The van der Waals surface area contributed by atoms with E-state index in [4.69, 9.17) is 0 Å². The Bertz CT molecular complexity index is 242. The highest BCUT2D eigenvalue weighted by Gasteiger charge is 2.35. The Balaban J connectivity index is 2.51. The van der Waals surface area contributed by atoms with Crippen molar-refractivity contribution in [2.45, 2.75) is 45.1 Å². The molecular weight excluding hydrogens is 184 g/mol. The fourth-order valence-electron chi connectivity index (χ4n) is 2.40. The number of hydrogen-bond donors (Lipinski definition) is 1. The summed E-state index contributed by atoms with van der Waals surface area (Å²) in [7, 11) is 0. The fraction of sp³-hybridized carbons (Fsp3) is 0.769. The van der Waals surface area contributed by atoms with E-state index >= 15 is 0 Å². The summed E-state index contributed by atoms with van der Waals surface area (Å²) < 4.78 is 0. The molecule has 1 N–H and O–H groups in total. The van der Waals surface area contributed by atoms with E-state index in [0.29, 0.717) is 0 Å². The predicted molar refractivity (Wildman–Crippen MR) is 63.3 cm³/mol. The minimum absolute atomic E-state index is 0.278. The summed E-state index contributed by atoms with van der Waals surface area (Å²) in [5, 5.41) is 12.6. The summed E-state index contributed by atoms with van der Waals surface area (Å²) in [5.74, 6) is 1.55. The monoisotopic (exact) mass is 206 g/mol. The van der Waals surface area contributed by atoms with Gasteiger partial charge in [0, 0.05) is 6.54 Å². The Hall–Kier alpha value is -0.810. The van der Waals surface area contributed by atoms with E-state index in [1.807, 2.05) is 6.08 Å². The Morgan fingerprint density at radius 1 is 1.53 bits per heavy atom. The molecule has 0 heterocycles. The molecule has 0 amide bonds. The lowest BCUT2D eigenvalue weighted by Crippen LogP contribution is -2.47. The van der Waals surface area contributed by atoms with E-state index < -0.39 is 0 Å². The van der Waals surface area contributed by atoms with Gasteiger partial charge < -0.3 is 0 Å². The van der Waals surface area contributed by atoms with Crippen molar-refractivity contribution in [2.24, 2.45) is 11.8 Å². The Morgan fingerprint density at radius 2 is 2.13 bits per heavy atom. The first-order valence-electron chi connectivity index (χ1n) is 5.91. The first-order chi connectivity index (χ1) is 7.13. The van der Waals surface area contributed by atoms with Crippen LogP contribution in [0, 0.1) is 23.2 Å². The van der Waals surface area contributed by atoms with Crippen LogP contribution in [0.3, 0.4) is 0 Å². The van der Waals surface area contributed by atoms with Crippen LogP contribution in [0.1, 0.15) is 39.5 Å². The average Bonchev–Trinajstić information content (AvgIpc) is 2.27. The molecule has 0 bridgehead atoms. The minimum Gasteiger partial charge on any atom is -0.296 e. The zero-order chi connectivity index (χ0) is 11.3. The Labute approximate surface area is 93.4 Å². The third-order valence-corrected chi connectivity index (χ3v) is 3.63. The lowest BCUT2D eigenvalue weighted by atomic mass is 9.73. The van der Waals surface area contributed by atoms with Crippen molar-refractivity contribution < 1.29 is 0 Å². The van der Waals surface area contributed by atoms with Crippen LogP contribution in [-0.2, 0) is 0 Å². The molecule has 0 atom stereocenters. The molecule has 0 aromatic rings. The second-order valence-corrected chi connectivity index (χ2v) is 4.94. The molecule has 1 fully saturated rings. The van der Waals surface area contributed by atoms with E-state index in [0.717, 1.165) is 31.2 Å². The van der Waals surface area contributed by atoms with Crippen LogP contribution in [0.5, 0.6) is 0 Å². The SMILES string of the molecule is C=CCNC1(C#N)CCC(C(C)C)CC1. The van der Waals surface area contributed by atoms with E-state index in [9.17, 15) is 5.26 Å². The topological polar surface area (TPSA) is 35.8 Å². The van der Waals surface area contributed by atoms with Gasteiger partial charge in [0.1, 0.15) is 5.54 Å². The van der Waals surface area contributed by atoms with Gasteiger partial charge in [-0.25, -0.2) is 0 Å². The van der Waals surface area contributed by atoms with E-state index in [2.05, 4.69) is 31.8 Å². The molecule has 0 saturated heterocycles. The zero-order valence-electron chi connectivity index (χ0n) is 9.92.